The van der Waals surface area contributed by atoms with Crippen LogP contribution in [0.2, 0.25) is 0 Å². The lowest BCUT2D eigenvalue weighted by molar-refractivity contribution is -1.02. The van der Waals surface area contributed by atoms with Gasteiger partial charge in [0.15, 0.2) is 6.54 Å². The lowest BCUT2D eigenvalue weighted by atomic mass is 10.1. The molecule has 1 aromatic carbocycles. The Morgan fingerprint density at radius 1 is 0.933 bits per heavy atom. The third kappa shape index (κ3) is 4.07. The number of aryl methyl sites for hydroxylation is 1. The zero-order valence-electron chi connectivity index (χ0n) is 16.9. The van der Waals surface area contributed by atoms with E-state index in [-0.39, 0.29) is 0 Å². The van der Waals surface area contributed by atoms with Gasteiger partial charge in [-0.15, -0.1) is 21.5 Å². The van der Waals surface area contributed by atoms with Crippen molar-refractivity contribution in [3.8, 4) is 22.7 Å². The van der Waals surface area contributed by atoms with Crippen LogP contribution in [0.4, 0.5) is 0 Å². The highest BCUT2D eigenvalue weighted by Gasteiger charge is 2.27. The molecule has 0 bridgehead atoms. The molecule has 7 nitrogen and oxygen atoms in total. The number of nitrogens with zero attached hydrogens (tertiary/aromatic N) is 3. The molecule has 0 amide bonds. The average molecular weight is 424 g/mol. The topological polar surface area (TPSA) is 73.8 Å². The van der Waals surface area contributed by atoms with Gasteiger partial charge in [-0.3, -0.25) is 0 Å². The first-order valence-corrected chi connectivity index (χ1v) is 11.2. The molecular weight excluding hydrogens is 398 g/mol. The van der Waals surface area contributed by atoms with E-state index >= 15 is 0 Å². The molecule has 0 unspecified atom stereocenters. The quantitative estimate of drug-likeness (QED) is 0.488. The molecule has 2 N–H and O–H groups in total. The number of piperazine rings is 1. The van der Waals surface area contributed by atoms with Gasteiger partial charge < -0.3 is 18.7 Å². The standard InChI is InChI=1S/C22H23N5O2S/c1-16-20(21(25-29-16)17-6-3-2-4-7-17)22-24-23-19(28-22)15-27-11-9-26(10-12-27)14-18-8-5-13-30-18/h2-8,13H,9-12,14-15H2,1H3/p+2. The molecule has 0 atom stereocenters. The van der Waals surface area contributed by atoms with Crippen LogP contribution in [-0.2, 0) is 13.1 Å². The molecule has 30 heavy (non-hydrogen) atoms. The Balaban J connectivity index is 1.25. The first-order valence-electron chi connectivity index (χ1n) is 10.3. The van der Waals surface area contributed by atoms with Gasteiger partial charge in [0.1, 0.15) is 49.7 Å². The fourth-order valence-electron chi connectivity index (χ4n) is 4.03. The van der Waals surface area contributed by atoms with E-state index < -0.39 is 0 Å². The molecule has 8 heteroatoms. The molecule has 0 radical (unpaired) electrons. The first kappa shape index (κ1) is 19.2. The van der Waals surface area contributed by atoms with Crippen molar-refractivity contribution >= 4 is 11.3 Å². The molecule has 3 aromatic heterocycles. The number of nitrogens with one attached hydrogen (secondary N) is 2. The van der Waals surface area contributed by atoms with Crippen LogP contribution in [0.15, 0.2) is 56.8 Å². The summed E-state index contributed by atoms with van der Waals surface area (Å²) < 4.78 is 11.5. The molecule has 0 aliphatic carbocycles. The highest BCUT2D eigenvalue weighted by Crippen LogP contribution is 2.33. The van der Waals surface area contributed by atoms with Crippen LogP contribution in [-0.4, -0.2) is 41.5 Å². The van der Waals surface area contributed by atoms with Gasteiger partial charge >= 0.3 is 0 Å². The molecule has 1 aliphatic heterocycles. The van der Waals surface area contributed by atoms with E-state index in [9.17, 15) is 0 Å². The van der Waals surface area contributed by atoms with Crippen molar-refractivity contribution < 1.29 is 18.7 Å². The number of benzene rings is 1. The van der Waals surface area contributed by atoms with Crippen molar-refractivity contribution in [1.29, 1.82) is 0 Å². The number of aromatic nitrogens is 3. The van der Waals surface area contributed by atoms with E-state index in [1.54, 1.807) is 4.90 Å². The SMILES string of the molecule is Cc1onc(-c2ccccc2)c1-c1nnc(C[NH+]2CC[NH+](Cc3cccs3)CC2)o1. The molecule has 0 saturated carbocycles. The smallest absolute Gasteiger partial charge is 0.271 e. The summed E-state index contributed by atoms with van der Waals surface area (Å²) in [5.41, 5.74) is 2.49. The fourth-order valence-corrected chi connectivity index (χ4v) is 4.80. The first-order chi connectivity index (χ1) is 14.8. The number of rotatable bonds is 6. The number of thiophene rings is 1. The summed E-state index contributed by atoms with van der Waals surface area (Å²) in [6.45, 7) is 8.31. The Kier molecular flexibility index (Phi) is 5.44. The zero-order chi connectivity index (χ0) is 20.3. The van der Waals surface area contributed by atoms with Gasteiger partial charge in [0.25, 0.3) is 11.8 Å². The molecule has 1 saturated heterocycles. The Labute approximate surface area is 178 Å². The third-order valence-electron chi connectivity index (χ3n) is 5.66. The van der Waals surface area contributed by atoms with Gasteiger partial charge in [0, 0.05) is 5.56 Å². The van der Waals surface area contributed by atoms with E-state index in [0.717, 1.165) is 56.1 Å². The second-order valence-corrected chi connectivity index (χ2v) is 8.79. The van der Waals surface area contributed by atoms with Gasteiger partial charge in [0.05, 0.1) is 4.88 Å². The molecule has 4 heterocycles. The molecular formula is C22H25N5O2S+2. The summed E-state index contributed by atoms with van der Waals surface area (Å²) in [7, 11) is 0. The summed E-state index contributed by atoms with van der Waals surface area (Å²) in [5, 5.41) is 15.0. The number of hydrogen-bond donors (Lipinski definition) is 2. The third-order valence-corrected chi connectivity index (χ3v) is 6.54. The second-order valence-electron chi connectivity index (χ2n) is 7.76. The van der Waals surface area contributed by atoms with E-state index in [4.69, 9.17) is 8.94 Å². The molecule has 154 valence electrons. The number of quaternary nitrogens is 2. The Morgan fingerprint density at radius 3 is 2.43 bits per heavy atom. The number of hydrogen-bond acceptors (Lipinski definition) is 6. The maximum Gasteiger partial charge on any atom is 0.271 e. The second kappa shape index (κ2) is 8.51. The minimum absolute atomic E-state index is 0.476. The van der Waals surface area contributed by atoms with Crippen LogP contribution < -0.4 is 9.80 Å². The van der Waals surface area contributed by atoms with Crippen molar-refractivity contribution in [3.63, 3.8) is 0 Å². The van der Waals surface area contributed by atoms with E-state index in [1.807, 2.05) is 48.6 Å². The van der Waals surface area contributed by atoms with Crippen LogP contribution in [0, 0.1) is 6.92 Å². The summed E-state index contributed by atoms with van der Waals surface area (Å²) >= 11 is 1.85. The van der Waals surface area contributed by atoms with E-state index in [0.29, 0.717) is 17.5 Å². The van der Waals surface area contributed by atoms with Gasteiger partial charge in [0.2, 0.25) is 0 Å². The largest absolute Gasteiger partial charge is 0.415 e. The summed E-state index contributed by atoms with van der Waals surface area (Å²) in [4.78, 5) is 4.61. The lowest BCUT2D eigenvalue weighted by Crippen LogP contribution is -3.27. The van der Waals surface area contributed by atoms with Crippen molar-refractivity contribution in [3.05, 3.63) is 64.4 Å². The van der Waals surface area contributed by atoms with E-state index in [1.165, 1.54) is 9.78 Å². The van der Waals surface area contributed by atoms with Crippen LogP contribution in [0.1, 0.15) is 16.5 Å². The van der Waals surface area contributed by atoms with Crippen LogP contribution >= 0.6 is 11.3 Å². The molecule has 1 fully saturated rings. The zero-order valence-corrected chi connectivity index (χ0v) is 17.7. The fraction of sp³-hybridized carbons (Fsp3) is 0.318. The van der Waals surface area contributed by atoms with Crippen LogP contribution in [0.3, 0.4) is 0 Å². The Morgan fingerprint density at radius 2 is 1.70 bits per heavy atom. The van der Waals surface area contributed by atoms with E-state index in [2.05, 4.69) is 32.9 Å². The van der Waals surface area contributed by atoms with Crippen LogP contribution in [0.5, 0.6) is 0 Å². The Hall–Kier alpha value is -2.81. The predicted molar refractivity (Wildman–Crippen MR) is 113 cm³/mol. The molecule has 0 spiro atoms. The minimum Gasteiger partial charge on any atom is -0.415 e. The van der Waals surface area contributed by atoms with Crippen molar-refractivity contribution in [1.82, 2.24) is 15.4 Å². The monoisotopic (exact) mass is 423 g/mol. The summed E-state index contributed by atoms with van der Waals surface area (Å²) in [5.74, 6) is 1.83. The Bertz CT molecular complexity index is 1080. The highest BCUT2D eigenvalue weighted by atomic mass is 32.1. The minimum atomic E-state index is 0.476. The average Bonchev–Trinajstić information content (AvgIpc) is 3.52. The van der Waals surface area contributed by atoms with Gasteiger partial charge in [-0.25, -0.2) is 0 Å². The lowest BCUT2D eigenvalue weighted by Gasteiger charge is -2.28. The van der Waals surface area contributed by atoms with Gasteiger partial charge in [-0.2, -0.15) is 0 Å². The summed E-state index contributed by atoms with van der Waals surface area (Å²) in [6, 6.07) is 14.3. The van der Waals surface area contributed by atoms with Crippen LogP contribution in [0.25, 0.3) is 22.7 Å². The highest BCUT2D eigenvalue weighted by molar-refractivity contribution is 7.09. The normalized spacial score (nSPS) is 19.2. The molecule has 4 aromatic rings. The summed E-state index contributed by atoms with van der Waals surface area (Å²) in [6.07, 6.45) is 0. The molecule has 1 aliphatic rings. The molecule has 5 rings (SSSR count). The maximum atomic E-state index is 6.04. The van der Waals surface area contributed by atoms with Crippen molar-refractivity contribution in [2.45, 2.75) is 20.0 Å². The van der Waals surface area contributed by atoms with Crippen molar-refractivity contribution in [2.75, 3.05) is 26.2 Å². The van der Waals surface area contributed by atoms with Gasteiger partial charge in [-0.1, -0.05) is 41.6 Å². The predicted octanol–water partition coefficient (Wildman–Crippen LogP) is 1.25. The maximum absolute atomic E-state index is 6.04. The van der Waals surface area contributed by atoms with Gasteiger partial charge in [-0.05, 0) is 18.4 Å². The van der Waals surface area contributed by atoms with Crippen molar-refractivity contribution in [2.24, 2.45) is 0 Å².